The van der Waals surface area contributed by atoms with E-state index in [-0.39, 0.29) is 35.2 Å². The first kappa shape index (κ1) is 35.5. The van der Waals surface area contributed by atoms with Crippen LogP contribution in [0.1, 0.15) is 60.8 Å². The lowest BCUT2D eigenvalue weighted by Crippen LogP contribution is -2.41. The van der Waals surface area contributed by atoms with Crippen molar-refractivity contribution in [3.05, 3.63) is 119 Å². The molecule has 1 fully saturated rings. The number of sulfonamides is 1. The summed E-state index contributed by atoms with van der Waals surface area (Å²) in [6, 6.07) is 26.3. The first-order valence-electron chi connectivity index (χ1n) is 17.1. The van der Waals surface area contributed by atoms with E-state index >= 15 is 0 Å². The summed E-state index contributed by atoms with van der Waals surface area (Å²) in [5, 5.41) is 2.22. The van der Waals surface area contributed by atoms with E-state index in [0.717, 1.165) is 23.1 Å². The quantitative estimate of drug-likeness (QED) is 0.228. The Morgan fingerprint density at radius 3 is 2.22 bits per heavy atom. The monoisotopic (exact) mass is 706 g/mol. The molecule has 1 saturated heterocycles. The van der Waals surface area contributed by atoms with E-state index in [9.17, 15) is 22.8 Å². The summed E-state index contributed by atoms with van der Waals surface area (Å²) in [4.78, 5) is 52.7. The number of carbonyl (C=O) groups is 3. The van der Waals surface area contributed by atoms with Crippen molar-refractivity contribution in [2.75, 3.05) is 29.9 Å². The van der Waals surface area contributed by atoms with Gasteiger partial charge in [0.1, 0.15) is 11.6 Å². The predicted octanol–water partition coefficient (Wildman–Crippen LogP) is 5.26. The maximum absolute atomic E-state index is 13.9. The Bertz CT molecular complexity index is 2070. The highest BCUT2D eigenvalue weighted by Crippen LogP contribution is 2.38. The van der Waals surface area contributed by atoms with Gasteiger partial charge in [0.15, 0.2) is 5.03 Å². The lowest BCUT2D eigenvalue weighted by Gasteiger charge is -2.34. The number of carbonyl (C=O) groups excluding carboxylic acids is 3. The Balaban J connectivity index is 1.23. The zero-order valence-electron chi connectivity index (χ0n) is 29.0. The van der Waals surface area contributed by atoms with Crippen LogP contribution in [0, 0.1) is 5.92 Å². The van der Waals surface area contributed by atoms with Crippen molar-refractivity contribution in [1.29, 1.82) is 0 Å². The molecule has 6 rings (SSSR count). The highest BCUT2D eigenvalue weighted by atomic mass is 32.2. The molecule has 4 aromatic rings. The summed E-state index contributed by atoms with van der Waals surface area (Å²) < 4.78 is 29.2. The van der Waals surface area contributed by atoms with Crippen LogP contribution in [0.3, 0.4) is 0 Å². The number of hydrogen-bond acceptors (Lipinski definition) is 8. The Hall–Kier alpha value is -5.36. The molecular formula is C39H42N6O5S. The van der Waals surface area contributed by atoms with Gasteiger partial charge in [-0.05, 0) is 73.6 Å². The van der Waals surface area contributed by atoms with E-state index in [2.05, 4.69) is 46.8 Å². The van der Waals surface area contributed by atoms with Gasteiger partial charge < -0.3 is 15.1 Å². The molecule has 264 valence electrons. The lowest BCUT2D eigenvalue weighted by molar-refractivity contribution is -0.130. The second-order valence-corrected chi connectivity index (χ2v) is 15.4. The van der Waals surface area contributed by atoms with E-state index in [1.54, 1.807) is 12.1 Å². The van der Waals surface area contributed by atoms with E-state index in [1.807, 2.05) is 65.6 Å². The van der Waals surface area contributed by atoms with Gasteiger partial charge in [-0.25, -0.2) is 14.7 Å². The van der Waals surface area contributed by atoms with Crippen molar-refractivity contribution in [2.24, 2.45) is 5.92 Å². The first-order valence-corrected chi connectivity index (χ1v) is 18.5. The zero-order valence-corrected chi connectivity index (χ0v) is 29.8. The van der Waals surface area contributed by atoms with E-state index < -0.39 is 21.0 Å². The van der Waals surface area contributed by atoms with Crippen LogP contribution in [-0.4, -0.2) is 66.2 Å². The summed E-state index contributed by atoms with van der Waals surface area (Å²) >= 11 is 0. The van der Waals surface area contributed by atoms with Crippen molar-refractivity contribution in [2.45, 2.75) is 57.0 Å². The Morgan fingerprint density at radius 1 is 0.863 bits per heavy atom. The summed E-state index contributed by atoms with van der Waals surface area (Å²) in [6.07, 6.45) is 3.98. The number of hydrogen-bond donors (Lipinski definition) is 2. The van der Waals surface area contributed by atoms with Crippen LogP contribution in [0.25, 0.3) is 5.57 Å². The Labute approximate surface area is 298 Å². The van der Waals surface area contributed by atoms with E-state index in [4.69, 9.17) is 4.98 Å². The topological polar surface area (TPSA) is 142 Å². The molecule has 2 N–H and O–H groups in total. The van der Waals surface area contributed by atoms with Crippen molar-refractivity contribution in [3.8, 4) is 0 Å². The molecule has 4 heterocycles. The molecule has 2 aromatic heterocycles. The summed E-state index contributed by atoms with van der Waals surface area (Å²) in [5.74, 6) is -0.453. The van der Waals surface area contributed by atoms with Gasteiger partial charge in [-0.3, -0.25) is 14.4 Å². The number of benzene rings is 2. The van der Waals surface area contributed by atoms with Crippen molar-refractivity contribution in [3.63, 3.8) is 0 Å². The van der Waals surface area contributed by atoms with Gasteiger partial charge in [-0.1, -0.05) is 79.7 Å². The second kappa shape index (κ2) is 14.9. The highest BCUT2D eigenvalue weighted by molar-refractivity contribution is 7.90. The standard InChI is InChI=1S/C39H42N6O5S/c1-27-24-39(2,3)45(25-27)37-31(19-20-32(40-37)30-16-11-21-44(26-30)36(47)23-29-14-8-5-9-15-29)38(48)43-51(49,50)35-18-10-17-33(42-35)41-34(46)22-28-12-6-4-7-13-28/h4-10,12-20,27H,11,21-26H2,1-3H3,(H,43,48)(H,41,42,46)/t27-/m0/s1. The molecule has 0 unspecified atom stereocenters. The lowest BCUT2D eigenvalue weighted by atomic mass is 9.97. The average Bonchev–Trinajstić information content (AvgIpc) is 3.39. The first-order chi connectivity index (χ1) is 24.4. The Kier molecular flexibility index (Phi) is 10.3. The molecular weight excluding hydrogens is 665 g/mol. The minimum atomic E-state index is -4.44. The molecule has 0 radical (unpaired) electrons. The van der Waals surface area contributed by atoms with Gasteiger partial charge in [-0.2, -0.15) is 8.42 Å². The number of pyridine rings is 2. The molecule has 0 bridgehead atoms. The van der Waals surface area contributed by atoms with E-state index in [0.29, 0.717) is 49.9 Å². The number of anilines is 2. The fraction of sp³-hybridized carbons (Fsp3) is 0.308. The number of nitrogens with zero attached hydrogens (tertiary/aromatic N) is 4. The molecule has 1 atom stereocenters. The van der Waals surface area contributed by atoms with Crippen LogP contribution in [0.4, 0.5) is 11.6 Å². The summed E-state index contributed by atoms with van der Waals surface area (Å²) in [7, 11) is -4.44. The number of aromatic nitrogens is 2. The normalized spacial score (nSPS) is 17.1. The zero-order chi connectivity index (χ0) is 36.2. The number of nitrogens with one attached hydrogen (secondary N) is 2. The number of rotatable bonds is 10. The average molecular weight is 707 g/mol. The van der Waals surface area contributed by atoms with Crippen LogP contribution < -0.4 is 14.9 Å². The van der Waals surface area contributed by atoms with Gasteiger partial charge in [0, 0.05) is 25.2 Å². The minimum absolute atomic E-state index is 0.0242. The Morgan fingerprint density at radius 2 is 1.55 bits per heavy atom. The molecule has 2 aromatic carbocycles. The molecule has 3 amide bonds. The van der Waals surface area contributed by atoms with Crippen LogP contribution in [0.2, 0.25) is 0 Å². The van der Waals surface area contributed by atoms with Gasteiger partial charge in [0.25, 0.3) is 15.9 Å². The minimum Gasteiger partial charge on any atom is -0.351 e. The van der Waals surface area contributed by atoms with Gasteiger partial charge in [-0.15, -0.1) is 0 Å². The van der Waals surface area contributed by atoms with Crippen LogP contribution in [-0.2, 0) is 32.5 Å². The smallest absolute Gasteiger partial charge is 0.281 e. The molecule has 51 heavy (non-hydrogen) atoms. The maximum Gasteiger partial charge on any atom is 0.281 e. The van der Waals surface area contributed by atoms with Gasteiger partial charge in [0.05, 0.1) is 24.1 Å². The third-order valence-electron chi connectivity index (χ3n) is 9.18. The third kappa shape index (κ3) is 8.51. The van der Waals surface area contributed by atoms with Crippen LogP contribution in [0.5, 0.6) is 0 Å². The largest absolute Gasteiger partial charge is 0.351 e. The summed E-state index contributed by atoms with van der Waals surface area (Å²) in [6.45, 7) is 7.89. The molecule has 12 heteroatoms. The SMILES string of the molecule is C[C@@H]1CN(c2nc(C3=CCCN(C(=O)Cc4ccccc4)C3)ccc2C(=O)NS(=O)(=O)c2cccc(NC(=O)Cc3ccccc3)n2)C(C)(C)C1. The second-order valence-electron chi connectivity index (χ2n) is 13.8. The van der Waals surface area contributed by atoms with Crippen LogP contribution >= 0.6 is 0 Å². The summed E-state index contributed by atoms with van der Waals surface area (Å²) in [5.41, 5.74) is 2.98. The maximum atomic E-state index is 13.9. The predicted molar refractivity (Wildman–Crippen MR) is 196 cm³/mol. The van der Waals surface area contributed by atoms with Crippen LogP contribution in [0.15, 0.2) is 102 Å². The molecule has 2 aliphatic heterocycles. The third-order valence-corrected chi connectivity index (χ3v) is 10.4. The van der Waals surface area contributed by atoms with Crippen molar-refractivity contribution < 1.29 is 22.8 Å². The van der Waals surface area contributed by atoms with Crippen molar-refractivity contribution >= 4 is 45.0 Å². The highest BCUT2D eigenvalue weighted by Gasteiger charge is 2.39. The molecule has 11 nitrogen and oxygen atoms in total. The fourth-order valence-corrected chi connectivity index (χ4v) is 7.76. The molecule has 0 aliphatic carbocycles. The van der Waals surface area contributed by atoms with Gasteiger partial charge >= 0.3 is 0 Å². The van der Waals surface area contributed by atoms with Gasteiger partial charge in [0.2, 0.25) is 11.8 Å². The molecule has 0 saturated carbocycles. The fourth-order valence-electron chi connectivity index (χ4n) is 6.83. The van der Waals surface area contributed by atoms with Crippen molar-refractivity contribution in [1.82, 2.24) is 19.6 Å². The molecule has 2 aliphatic rings. The molecule has 0 spiro atoms. The van der Waals surface area contributed by atoms with E-state index in [1.165, 1.54) is 18.2 Å². The number of amides is 3.